The summed E-state index contributed by atoms with van der Waals surface area (Å²) in [6, 6.07) is 4.06. The number of benzene rings is 1. The smallest absolute Gasteiger partial charge is 0.137 e. The highest BCUT2D eigenvalue weighted by atomic mass is 32.1. The maximum atomic E-state index is 11.8. The lowest BCUT2D eigenvalue weighted by atomic mass is 9.91. The van der Waals surface area contributed by atoms with Gasteiger partial charge in [0.15, 0.2) is 0 Å². The third kappa shape index (κ3) is 2.95. The molecule has 0 aliphatic carbocycles. The molecule has 1 aromatic rings. The van der Waals surface area contributed by atoms with E-state index in [2.05, 4.69) is 24.5 Å². The summed E-state index contributed by atoms with van der Waals surface area (Å²) in [5, 5.41) is 0. The number of rotatable bonds is 3. The lowest BCUT2D eigenvalue weighted by molar-refractivity contribution is -0.118. The van der Waals surface area contributed by atoms with Crippen LogP contribution in [0.3, 0.4) is 0 Å². The summed E-state index contributed by atoms with van der Waals surface area (Å²) in [5.74, 6) is 0.0986. The molecule has 1 fully saturated rings. The highest BCUT2D eigenvalue weighted by Gasteiger charge is 2.24. The Morgan fingerprint density at radius 2 is 2.00 bits per heavy atom. The van der Waals surface area contributed by atoms with E-state index in [1.54, 1.807) is 6.92 Å². The van der Waals surface area contributed by atoms with Crippen LogP contribution < -0.4 is 4.90 Å². The van der Waals surface area contributed by atoms with Crippen molar-refractivity contribution < 1.29 is 9.53 Å². The molecule has 0 amide bonds. The molecule has 0 saturated carbocycles. The fourth-order valence-corrected chi connectivity index (χ4v) is 2.90. The summed E-state index contributed by atoms with van der Waals surface area (Å²) in [6.45, 7) is 8.86. The molecule has 0 spiro atoms. The van der Waals surface area contributed by atoms with Gasteiger partial charge in [-0.15, -0.1) is 12.6 Å². The summed E-state index contributed by atoms with van der Waals surface area (Å²) in [7, 11) is 0. The number of ether oxygens (including phenoxy) is 1. The fraction of sp³-hybridized carbons (Fsp3) is 0.533. The van der Waals surface area contributed by atoms with Gasteiger partial charge in [0.2, 0.25) is 0 Å². The quantitative estimate of drug-likeness (QED) is 0.863. The van der Waals surface area contributed by atoms with Crippen molar-refractivity contribution in [3.05, 3.63) is 23.3 Å². The molecule has 1 aliphatic heterocycles. The standard InChI is InChI=1S/C15H21NO2S/c1-10-4-5-13(19)15(14(10)11(2)12(3)17)16-6-8-18-9-7-16/h4-5,11,19H,6-9H2,1-3H3. The third-order valence-corrected chi connectivity index (χ3v) is 4.14. The Kier molecular flexibility index (Phi) is 4.53. The van der Waals surface area contributed by atoms with Gasteiger partial charge < -0.3 is 9.64 Å². The molecular formula is C15H21NO2S. The largest absolute Gasteiger partial charge is 0.378 e. The Morgan fingerprint density at radius 3 is 2.58 bits per heavy atom. The van der Waals surface area contributed by atoms with Crippen LogP contribution in [0, 0.1) is 6.92 Å². The zero-order valence-corrected chi connectivity index (χ0v) is 12.7. The zero-order valence-electron chi connectivity index (χ0n) is 11.8. The predicted octanol–water partition coefficient (Wildman–Crippen LogP) is 2.81. The molecule has 4 heteroatoms. The van der Waals surface area contributed by atoms with E-state index in [0.29, 0.717) is 0 Å². The number of aryl methyl sites for hydroxylation is 1. The average Bonchev–Trinajstić information content (AvgIpc) is 2.41. The van der Waals surface area contributed by atoms with E-state index in [0.717, 1.165) is 48.0 Å². The van der Waals surface area contributed by atoms with Crippen molar-refractivity contribution in [1.29, 1.82) is 0 Å². The predicted molar refractivity (Wildman–Crippen MR) is 80.6 cm³/mol. The van der Waals surface area contributed by atoms with Gasteiger partial charge in [0.05, 0.1) is 18.9 Å². The van der Waals surface area contributed by atoms with Gasteiger partial charge in [-0.25, -0.2) is 0 Å². The van der Waals surface area contributed by atoms with Crippen LogP contribution in [0.25, 0.3) is 0 Å². The molecular weight excluding hydrogens is 258 g/mol. The number of hydrogen-bond donors (Lipinski definition) is 1. The number of anilines is 1. The Bertz CT molecular complexity index is 481. The first kappa shape index (κ1) is 14.4. The molecule has 3 nitrogen and oxygen atoms in total. The normalized spacial score (nSPS) is 17.4. The lowest BCUT2D eigenvalue weighted by Gasteiger charge is -2.33. The SMILES string of the molecule is CC(=O)C(C)c1c(C)ccc(S)c1N1CCOCC1. The number of carbonyl (C=O) groups excluding carboxylic acids is 1. The average molecular weight is 279 g/mol. The maximum absolute atomic E-state index is 11.8. The van der Waals surface area contributed by atoms with E-state index >= 15 is 0 Å². The molecule has 104 valence electrons. The van der Waals surface area contributed by atoms with E-state index in [-0.39, 0.29) is 11.7 Å². The number of ketones is 1. The van der Waals surface area contributed by atoms with Gasteiger partial charge in [-0.05, 0) is 31.0 Å². The van der Waals surface area contributed by atoms with Crippen LogP contribution in [0.5, 0.6) is 0 Å². The minimum absolute atomic E-state index is 0.0926. The Labute approximate surface area is 120 Å². The molecule has 0 aromatic heterocycles. The minimum Gasteiger partial charge on any atom is -0.378 e. The van der Waals surface area contributed by atoms with E-state index in [1.807, 2.05) is 19.1 Å². The summed E-state index contributed by atoms with van der Waals surface area (Å²) in [6.07, 6.45) is 0. The molecule has 2 rings (SSSR count). The Balaban J connectivity index is 2.50. The second kappa shape index (κ2) is 5.97. The van der Waals surface area contributed by atoms with Crippen LogP contribution in [0.1, 0.15) is 30.9 Å². The fourth-order valence-electron chi connectivity index (χ4n) is 2.57. The van der Waals surface area contributed by atoms with Gasteiger partial charge in [0.1, 0.15) is 5.78 Å². The molecule has 1 saturated heterocycles. The van der Waals surface area contributed by atoms with Crippen LogP contribution in [0.2, 0.25) is 0 Å². The Hall–Kier alpha value is -1.00. The molecule has 1 aliphatic rings. The third-order valence-electron chi connectivity index (χ3n) is 3.78. The van der Waals surface area contributed by atoms with Crippen LogP contribution >= 0.6 is 12.6 Å². The summed E-state index contributed by atoms with van der Waals surface area (Å²) in [4.78, 5) is 15.0. The highest BCUT2D eigenvalue weighted by Crippen LogP contribution is 2.36. The number of morpholine rings is 1. The topological polar surface area (TPSA) is 29.5 Å². The molecule has 1 unspecified atom stereocenters. The van der Waals surface area contributed by atoms with E-state index in [4.69, 9.17) is 4.74 Å². The van der Waals surface area contributed by atoms with Crippen molar-refractivity contribution in [3.63, 3.8) is 0 Å². The van der Waals surface area contributed by atoms with Crippen molar-refractivity contribution in [1.82, 2.24) is 0 Å². The summed E-state index contributed by atoms with van der Waals surface area (Å²) >= 11 is 4.59. The first-order valence-electron chi connectivity index (χ1n) is 6.68. The van der Waals surface area contributed by atoms with Crippen molar-refractivity contribution in [3.8, 4) is 0 Å². The monoisotopic (exact) mass is 279 g/mol. The molecule has 0 bridgehead atoms. The highest BCUT2D eigenvalue weighted by molar-refractivity contribution is 7.80. The lowest BCUT2D eigenvalue weighted by Crippen LogP contribution is -2.37. The van der Waals surface area contributed by atoms with Crippen LogP contribution in [0.4, 0.5) is 5.69 Å². The summed E-state index contributed by atoms with van der Waals surface area (Å²) < 4.78 is 5.41. The van der Waals surface area contributed by atoms with Crippen molar-refractivity contribution in [2.24, 2.45) is 0 Å². The molecule has 1 aromatic carbocycles. The minimum atomic E-state index is -0.0926. The first-order chi connectivity index (χ1) is 9.02. The van der Waals surface area contributed by atoms with E-state index in [1.165, 1.54) is 0 Å². The van der Waals surface area contributed by atoms with E-state index < -0.39 is 0 Å². The van der Waals surface area contributed by atoms with Gasteiger partial charge in [-0.2, -0.15) is 0 Å². The number of nitrogens with zero attached hydrogens (tertiary/aromatic N) is 1. The molecule has 0 radical (unpaired) electrons. The van der Waals surface area contributed by atoms with Gasteiger partial charge in [-0.3, -0.25) is 4.79 Å². The van der Waals surface area contributed by atoms with Gasteiger partial charge in [-0.1, -0.05) is 13.0 Å². The van der Waals surface area contributed by atoms with Crippen LogP contribution in [-0.4, -0.2) is 32.1 Å². The van der Waals surface area contributed by atoms with Crippen molar-refractivity contribution in [2.45, 2.75) is 31.6 Å². The number of thiol groups is 1. The summed E-state index contributed by atoms with van der Waals surface area (Å²) in [5.41, 5.74) is 3.37. The van der Waals surface area contributed by atoms with Crippen LogP contribution in [0.15, 0.2) is 17.0 Å². The van der Waals surface area contributed by atoms with Crippen molar-refractivity contribution >= 4 is 24.1 Å². The number of Topliss-reactive ketones (excluding diaryl/α,β-unsaturated/α-hetero) is 1. The van der Waals surface area contributed by atoms with E-state index in [9.17, 15) is 4.79 Å². The zero-order chi connectivity index (χ0) is 14.0. The number of carbonyl (C=O) groups is 1. The molecule has 1 atom stereocenters. The second-order valence-electron chi connectivity index (χ2n) is 5.10. The molecule has 0 N–H and O–H groups in total. The van der Waals surface area contributed by atoms with Crippen LogP contribution in [-0.2, 0) is 9.53 Å². The maximum Gasteiger partial charge on any atom is 0.137 e. The first-order valence-corrected chi connectivity index (χ1v) is 7.12. The number of hydrogen-bond acceptors (Lipinski definition) is 4. The Morgan fingerprint density at radius 1 is 1.37 bits per heavy atom. The molecule has 19 heavy (non-hydrogen) atoms. The van der Waals surface area contributed by atoms with Crippen molar-refractivity contribution in [2.75, 3.05) is 31.2 Å². The second-order valence-corrected chi connectivity index (χ2v) is 5.58. The molecule has 1 heterocycles. The van der Waals surface area contributed by atoms with Gasteiger partial charge in [0, 0.05) is 23.9 Å². The van der Waals surface area contributed by atoms with Gasteiger partial charge >= 0.3 is 0 Å². The van der Waals surface area contributed by atoms with Gasteiger partial charge in [0.25, 0.3) is 0 Å².